The molecule has 4 nitrogen and oxygen atoms in total. The zero-order chi connectivity index (χ0) is 14.1. The predicted octanol–water partition coefficient (Wildman–Crippen LogP) is 4.20. The van der Waals surface area contributed by atoms with E-state index in [4.69, 9.17) is 4.74 Å². The first-order valence-corrected chi connectivity index (χ1v) is 6.81. The molecule has 0 fully saturated rings. The van der Waals surface area contributed by atoms with Gasteiger partial charge in [0.15, 0.2) is 0 Å². The largest absolute Gasteiger partial charge is 0.474 e. The van der Waals surface area contributed by atoms with Crippen LogP contribution >= 0.6 is 15.9 Å². The van der Waals surface area contributed by atoms with Crippen LogP contribution in [0.4, 0.5) is 0 Å². The molecular weight excluding hydrogens is 322 g/mol. The van der Waals surface area contributed by atoms with Crippen LogP contribution in [0, 0.1) is 10.1 Å². The molecule has 2 aromatic carbocycles. The molecule has 1 aliphatic rings. The molecule has 5 heteroatoms. The van der Waals surface area contributed by atoms with Gasteiger partial charge in [-0.1, -0.05) is 46.3 Å². The minimum atomic E-state index is -0.697. The molecule has 1 heterocycles. The summed E-state index contributed by atoms with van der Waals surface area (Å²) in [7, 11) is 0. The van der Waals surface area contributed by atoms with Crippen molar-refractivity contribution in [3.8, 4) is 5.75 Å². The molecule has 0 spiro atoms. The minimum Gasteiger partial charge on any atom is -0.474 e. The van der Waals surface area contributed by atoms with Crippen molar-refractivity contribution in [3.63, 3.8) is 0 Å². The Kier molecular flexibility index (Phi) is 3.28. The monoisotopic (exact) mass is 331 g/mol. The SMILES string of the molecule is O=[N+]([O-])C1=Cc2ccccc2OC1c1cccc(Br)c1. The smallest absolute Gasteiger partial charge is 0.291 e. The molecule has 20 heavy (non-hydrogen) atoms. The number of ether oxygens (including phenoxy) is 1. The van der Waals surface area contributed by atoms with E-state index in [1.807, 2.05) is 42.5 Å². The van der Waals surface area contributed by atoms with Crippen molar-refractivity contribution in [2.45, 2.75) is 6.10 Å². The molecule has 0 aromatic heterocycles. The van der Waals surface area contributed by atoms with E-state index in [-0.39, 0.29) is 10.6 Å². The van der Waals surface area contributed by atoms with Gasteiger partial charge in [0.05, 0.1) is 4.92 Å². The summed E-state index contributed by atoms with van der Waals surface area (Å²) in [4.78, 5) is 10.9. The zero-order valence-electron chi connectivity index (χ0n) is 10.3. The highest BCUT2D eigenvalue weighted by atomic mass is 79.9. The second-order valence-electron chi connectivity index (χ2n) is 4.42. The van der Waals surface area contributed by atoms with Crippen LogP contribution in [0.15, 0.2) is 58.7 Å². The lowest BCUT2D eigenvalue weighted by atomic mass is 10.0. The maximum atomic E-state index is 11.3. The lowest BCUT2D eigenvalue weighted by molar-refractivity contribution is -0.434. The Morgan fingerprint density at radius 1 is 1.15 bits per heavy atom. The summed E-state index contributed by atoms with van der Waals surface area (Å²) in [6.07, 6.45) is 0.877. The number of nitrogens with zero attached hydrogens (tertiary/aromatic N) is 1. The molecule has 100 valence electrons. The molecule has 0 aliphatic carbocycles. The van der Waals surface area contributed by atoms with Crippen molar-refractivity contribution >= 4 is 22.0 Å². The third-order valence-corrected chi connectivity index (χ3v) is 3.59. The average Bonchev–Trinajstić information content (AvgIpc) is 2.46. The Labute approximate surface area is 124 Å². The molecule has 0 saturated carbocycles. The van der Waals surface area contributed by atoms with E-state index in [1.54, 1.807) is 12.1 Å². The Hall–Kier alpha value is -2.14. The number of benzene rings is 2. The number of fused-ring (bicyclic) bond motifs is 1. The van der Waals surface area contributed by atoms with E-state index in [0.29, 0.717) is 5.75 Å². The summed E-state index contributed by atoms with van der Waals surface area (Å²) in [5, 5.41) is 11.3. The lowest BCUT2D eigenvalue weighted by Gasteiger charge is -2.22. The highest BCUT2D eigenvalue weighted by Gasteiger charge is 2.32. The molecule has 1 unspecified atom stereocenters. The quantitative estimate of drug-likeness (QED) is 0.612. The van der Waals surface area contributed by atoms with Crippen molar-refractivity contribution < 1.29 is 9.66 Å². The minimum absolute atomic E-state index is 0.0433. The van der Waals surface area contributed by atoms with Crippen LogP contribution in [0.2, 0.25) is 0 Å². The maximum Gasteiger partial charge on any atom is 0.291 e. The fourth-order valence-corrected chi connectivity index (χ4v) is 2.60. The fourth-order valence-electron chi connectivity index (χ4n) is 2.19. The van der Waals surface area contributed by atoms with E-state index in [9.17, 15) is 10.1 Å². The van der Waals surface area contributed by atoms with Crippen molar-refractivity contribution in [3.05, 3.63) is 79.9 Å². The molecule has 0 radical (unpaired) electrons. The van der Waals surface area contributed by atoms with Crippen LogP contribution < -0.4 is 4.74 Å². The molecule has 2 aromatic rings. The van der Waals surface area contributed by atoms with Crippen molar-refractivity contribution in [1.82, 2.24) is 0 Å². The van der Waals surface area contributed by atoms with Crippen molar-refractivity contribution in [2.24, 2.45) is 0 Å². The van der Waals surface area contributed by atoms with E-state index >= 15 is 0 Å². The normalized spacial score (nSPS) is 16.9. The number of hydrogen-bond donors (Lipinski definition) is 0. The van der Waals surface area contributed by atoms with Gasteiger partial charge in [0.1, 0.15) is 5.75 Å². The van der Waals surface area contributed by atoms with Gasteiger partial charge in [-0.3, -0.25) is 10.1 Å². The third-order valence-electron chi connectivity index (χ3n) is 3.10. The van der Waals surface area contributed by atoms with Crippen LogP contribution in [-0.4, -0.2) is 4.92 Å². The first-order valence-electron chi connectivity index (χ1n) is 6.02. The van der Waals surface area contributed by atoms with Gasteiger partial charge in [0.2, 0.25) is 6.10 Å². The van der Waals surface area contributed by atoms with Gasteiger partial charge < -0.3 is 4.74 Å². The zero-order valence-corrected chi connectivity index (χ0v) is 11.9. The molecular formula is C15H10BrNO3. The summed E-state index contributed by atoms with van der Waals surface area (Å²) in [6.45, 7) is 0. The topological polar surface area (TPSA) is 52.4 Å². The summed E-state index contributed by atoms with van der Waals surface area (Å²) in [6, 6.07) is 14.6. The fraction of sp³-hybridized carbons (Fsp3) is 0.0667. The molecule has 0 bridgehead atoms. The summed E-state index contributed by atoms with van der Waals surface area (Å²) >= 11 is 3.37. The maximum absolute atomic E-state index is 11.3. The first kappa shape index (κ1) is 12.9. The van der Waals surface area contributed by atoms with Crippen LogP contribution in [0.1, 0.15) is 17.2 Å². The van der Waals surface area contributed by atoms with Gasteiger partial charge >= 0.3 is 0 Å². The number of para-hydroxylation sites is 1. The van der Waals surface area contributed by atoms with Gasteiger partial charge in [-0.2, -0.15) is 0 Å². The second-order valence-corrected chi connectivity index (χ2v) is 5.33. The summed E-state index contributed by atoms with van der Waals surface area (Å²) in [5.74, 6) is 0.656. The number of hydrogen-bond acceptors (Lipinski definition) is 3. The molecule has 0 saturated heterocycles. The van der Waals surface area contributed by atoms with Gasteiger partial charge in [0.25, 0.3) is 5.70 Å². The van der Waals surface area contributed by atoms with Gasteiger partial charge in [0, 0.05) is 21.7 Å². The molecule has 1 aliphatic heterocycles. The van der Waals surface area contributed by atoms with E-state index in [2.05, 4.69) is 15.9 Å². The molecule has 1 atom stereocenters. The highest BCUT2D eigenvalue weighted by molar-refractivity contribution is 9.10. The molecule has 0 N–H and O–H groups in total. The predicted molar refractivity (Wildman–Crippen MR) is 78.9 cm³/mol. The summed E-state index contributed by atoms with van der Waals surface area (Å²) < 4.78 is 6.68. The van der Waals surface area contributed by atoms with Gasteiger partial charge in [-0.05, 0) is 18.2 Å². The highest BCUT2D eigenvalue weighted by Crippen LogP contribution is 2.37. The first-order chi connectivity index (χ1) is 9.65. The van der Waals surface area contributed by atoms with Crippen LogP contribution in [0.3, 0.4) is 0 Å². The van der Waals surface area contributed by atoms with Crippen LogP contribution in [0.5, 0.6) is 5.75 Å². The van der Waals surface area contributed by atoms with Crippen LogP contribution in [0.25, 0.3) is 6.08 Å². The Morgan fingerprint density at radius 3 is 2.70 bits per heavy atom. The van der Waals surface area contributed by atoms with E-state index in [1.165, 1.54) is 0 Å². The Morgan fingerprint density at radius 2 is 1.95 bits per heavy atom. The lowest BCUT2D eigenvalue weighted by Crippen LogP contribution is -2.19. The third kappa shape index (κ3) is 2.32. The van der Waals surface area contributed by atoms with Crippen molar-refractivity contribution in [1.29, 1.82) is 0 Å². The number of rotatable bonds is 2. The van der Waals surface area contributed by atoms with E-state index in [0.717, 1.165) is 15.6 Å². The van der Waals surface area contributed by atoms with Crippen LogP contribution in [-0.2, 0) is 0 Å². The van der Waals surface area contributed by atoms with Gasteiger partial charge in [-0.25, -0.2) is 0 Å². The number of nitro groups is 1. The standard InChI is InChI=1S/C15H10BrNO3/c16-12-6-3-5-11(8-12)15-13(17(18)19)9-10-4-1-2-7-14(10)20-15/h1-9,15H. The average molecular weight is 332 g/mol. The number of halogens is 1. The Balaban J connectivity index is 2.10. The van der Waals surface area contributed by atoms with Gasteiger partial charge in [-0.15, -0.1) is 0 Å². The van der Waals surface area contributed by atoms with E-state index < -0.39 is 6.10 Å². The second kappa shape index (κ2) is 5.09. The van der Waals surface area contributed by atoms with Crippen molar-refractivity contribution in [2.75, 3.05) is 0 Å². The molecule has 3 rings (SSSR count). The summed E-state index contributed by atoms with van der Waals surface area (Å²) in [5.41, 5.74) is 1.52. The Bertz CT molecular complexity index is 712. The molecule has 0 amide bonds.